The first-order chi connectivity index (χ1) is 33.6. The van der Waals surface area contributed by atoms with Crippen LogP contribution in [0, 0.1) is 0 Å². The fourth-order valence-corrected chi connectivity index (χ4v) is 13.0. The third kappa shape index (κ3) is 7.27. The number of nitrogens with zero attached hydrogens (tertiary/aromatic N) is 3. The van der Waals surface area contributed by atoms with Gasteiger partial charge in [-0.05, 0) is 162 Å². The van der Waals surface area contributed by atoms with Gasteiger partial charge in [-0.3, -0.25) is 0 Å². The van der Waals surface area contributed by atoms with Crippen molar-refractivity contribution < 1.29 is 0 Å². The molecule has 0 bridgehead atoms. The van der Waals surface area contributed by atoms with Crippen LogP contribution in [-0.4, -0.2) is 6.71 Å². The highest BCUT2D eigenvalue weighted by molar-refractivity contribution is 7.00. The third-order valence-electron chi connectivity index (χ3n) is 17.7. The molecular formula is C68H78BN3. The summed E-state index contributed by atoms with van der Waals surface area (Å²) in [6.07, 6.45) is 2.13. The fourth-order valence-electron chi connectivity index (χ4n) is 13.0. The van der Waals surface area contributed by atoms with E-state index in [0.29, 0.717) is 0 Å². The van der Waals surface area contributed by atoms with Crippen LogP contribution < -0.4 is 31.1 Å². The van der Waals surface area contributed by atoms with E-state index >= 15 is 0 Å². The minimum atomic E-state index is -0.387. The first-order valence-electron chi connectivity index (χ1n) is 26.9. The van der Waals surface area contributed by atoms with Crippen molar-refractivity contribution in [3.8, 4) is 0 Å². The van der Waals surface area contributed by atoms with Crippen LogP contribution in [0.5, 0.6) is 0 Å². The molecule has 4 heteroatoms. The Balaban J connectivity index is 1.29. The zero-order chi connectivity index (χ0) is 51.5. The zero-order valence-electron chi connectivity index (χ0n) is 46.6. The number of fused-ring (bicyclic) bond motifs is 9. The molecule has 11 rings (SSSR count). The summed E-state index contributed by atoms with van der Waals surface area (Å²) < 4.78 is 0. The van der Waals surface area contributed by atoms with Crippen LogP contribution in [0.25, 0.3) is 0 Å². The summed E-state index contributed by atoms with van der Waals surface area (Å²) in [5.74, 6) is 0. The average Bonchev–Trinajstić information content (AvgIpc) is 3.52. The van der Waals surface area contributed by atoms with E-state index in [1.165, 1.54) is 106 Å². The summed E-state index contributed by atoms with van der Waals surface area (Å²) in [6.45, 7) is 40.3. The highest BCUT2D eigenvalue weighted by Gasteiger charge is 2.60. The van der Waals surface area contributed by atoms with Crippen LogP contribution in [-0.2, 0) is 44.4 Å². The molecule has 2 unspecified atom stereocenters. The van der Waals surface area contributed by atoms with Crippen molar-refractivity contribution in [3.63, 3.8) is 0 Å². The van der Waals surface area contributed by atoms with Crippen molar-refractivity contribution in [1.29, 1.82) is 0 Å². The van der Waals surface area contributed by atoms with Crippen LogP contribution in [0.1, 0.15) is 169 Å². The SMILES string of the molecule is CC(C)(C)c1ccc(N2c3ccc(C(C)(C)C)cc3B3c4cc(C(C)(C)C)ccc4N(c4ccc(C(C)(C)C)cc4)c4cc(N5c6ccc(C(C)(C)C)cc6C6(C)CCc7ccccc7C56C)cc2c43)cc1. The van der Waals surface area contributed by atoms with E-state index in [1.807, 2.05) is 0 Å². The van der Waals surface area contributed by atoms with Gasteiger partial charge >= 0.3 is 0 Å². The molecule has 0 radical (unpaired) electrons. The van der Waals surface area contributed by atoms with Gasteiger partial charge in [0.2, 0.25) is 0 Å². The highest BCUT2D eigenvalue weighted by atomic mass is 15.3. The third-order valence-corrected chi connectivity index (χ3v) is 17.7. The lowest BCUT2D eigenvalue weighted by atomic mass is 9.33. The first-order valence-corrected chi connectivity index (χ1v) is 26.9. The number of hydrogen-bond acceptors (Lipinski definition) is 3. The molecule has 1 aliphatic carbocycles. The molecule has 72 heavy (non-hydrogen) atoms. The van der Waals surface area contributed by atoms with Gasteiger partial charge in [0.1, 0.15) is 0 Å². The van der Waals surface area contributed by atoms with E-state index in [1.54, 1.807) is 0 Å². The summed E-state index contributed by atoms with van der Waals surface area (Å²) in [5.41, 5.74) is 24.5. The largest absolute Gasteiger partial charge is 0.330 e. The summed E-state index contributed by atoms with van der Waals surface area (Å²) in [6, 6.07) is 55.8. The van der Waals surface area contributed by atoms with E-state index in [9.17, 15) is 0 Å². The number of aryl methyl sites for hydroxylation is 1. The van der Waals surface area contributed by atoms with Gasteiger partial charge in [0.25, 0.3) is 6.71 Å². The summed E-state index contributed by atoms with van der Waals surface area (Å²) in [4.78, 5) is 8.04. The van der Waals surface area contributed by atoms with E-state index in [-0.39, 0.29) is 44.7 Å². The molecule has 0 saturated carbocycles. The molecule has 0 saturated heterocycles. The van der Waals surface area contributed by atoms with Crippen LogP contribution >= 0.6 is 0 Å². The van der Waals surface area contributed by atoms with E-state index in [2.05, 4.69) is 272 Å². The van der Waals surface area contributed by atoms with Crippen LogP contribution in [0.4, 0.5) is 45.5 Å². The maximum Gasteiger partial charge on any atom is 0.252 e. The Kier molecular flexibility index (Phi) is 10.6. The summed E-state index contributed by atoms with van der Waals surface area (Å²) >= 11 is 0. The number of hydrogen-bond donors (Lipinski definition) is 0. The van der Waals surface area contributed by atoms with Gasteiger partial charge in [0.15, 0.2) is 0 Å². The number of benzene rings is 7. The lowest BCUT2D eigenvalue weighted by Gasteiger charge is -2.52. The molecule has 0 amide bonds. The summed E-state index contributed by atoms with van der Waals surface area (Å²) in [5, 5.41) is 0. The molecule has 368 valence electrons. The topological polar surface area (TPSA) is 9.72 Å². The molecule has 3 aliphatic heterocycles. The smallest absolute Gasteiger partial charge is 0.252 e. The Bertz CT molecular complexity index is 3160. The van der Waals surface area contributed by atoms with Crippen molar-refractivity contribution in [2.45, 2.75) is 169 Å². The lowest BCUT2D eigenvalue weighted by molar-refractivity contribution is 0.245. The standard InChI is InChI=1S/C68H78BN3/c1-62(2,3)44-22-29-49(30-23-44)70-57-34-27-47(65(10,11)12)39-54(57)69-55-40-48(66(13,14)15)28-35-58(55)71(50-31-24-45(25-32-50)63(4,5)6)60-42-51(41-59(70)61(60)69)72-56-33-26-46(64(7,8)9)38-53(56)67(16)37-36-43-20-18-19-21-52(43)68(67,72)17/h18-35,38-42H,36-37H2,1-17H3. The van der Waals surface area contributed by atoms with Gasteiger partial charge in [0.05, 0.1) is 5.54 Å². The maximum absolute atomic E-state index is 2.79. The van der Waals surface area contributed by atoms with Crippen molar-refractivity contribution in [3.05, 3.63) is 184 Å². The molecule has 0 N–H and O–H groups in total. The van der Waals surface area contributed by atoms with Crippen molar-refractivity contribution >= 4 is 68.6 Å². The predicted molar refractivity (Wildman–Crippen MR) is 312 cm³/mol. The van der Waals surface area contributed by atoms with Crippen LogP contribution in [0.15, 0.2) is 140 Å². The van der Waals surface area contributed by atoms with E-state index in [4.69, 9.17) is 0 Å². The van der Waals surface area contributed by atoms with Gasteiger partial charge in [-0.1, -0.05) is 196 Å². The van der Waals surface area contributed by atoms with E-state index < -0.39 is 0 Å². The first kappa shape index (κ1) is 48.3. The number of rotatable bonds is 3. The Morgan fingerprint density at radius 2 is 0.792 bits per heavy atom. The molecular weight excluding hydrogens is 870 g/mol. The van der Waals surface area contributed by atoms with Gasteiger partial charge in [-0.15, -0.1) is 0 Å². The Morgan fingerprint density at radius 1 is 0.389 bits per heavy atom. The second-order valence-electron chi connectivity index (χ2n) is 27.5. The monoisotopic (exact) mass is 948 g/mol. The lowest BCUT2D eigenvalue weighted by Crippen LogP contribution is -2.62. The zero-order valence-corrected chi connectivity index (χ0v) is 46.6. The van der Waals surface area contributed by atoms with Gasteiger partial charge in [0, 0.05) is 50.9 Å². The molecule has 4 aliphatic rings. The molecule has 3 nitrogen and oxygen atoms in total. The van der Waals surface area contributed by atoms with Crippen molar-refractivity contribution in [2.24, 2.45) is 0 Å². The molecule has 7 aromatic carbocycles. The Labute approximate surface area is 433 Å². The second kappa shape index (κ2) is 15.8. The average molecular weight is 948 g/mol. The highest BCUT2D eigenvalue weighted by Crippen LogP contribution is 2.65. The maximum atomic E-state index is 2.79. The van der Waals surface area contributed by atoms with Gasteiger partial charge in [-0.25, -0.2) is 0 Å². The molecule has 3 heterocycles. The second-order valence-corrected chi connectivity index (χ2v) is 27.5. The molecule has 2 atom stereocenters. The van der Waals surface area contributed by atoms with E-state index in [0.717, 1.165) is 12.8 Å². The minimum absolute atomic E-state index is 0.00897. The molecule has 0 fully saturated rings. The Hall–Kier alpha value is -6.00. The normalized spacial score (nSPS) is 19.3. The predicted octanol–water partition coefficient (Wildman–Crippen LogP) is 16.5. The summed E-state index contributed by atoms with van der Waals surface area (Å²) in [7, 11) is 0. The number of anilines is 8. The van der Waals surface area contributed by atoms with Crippen LogP contribution in [0.3, 0.4) is 0 Å². The van der Waals surface area contributed by atoms with Crippen molar-refractivity contribution in [1.82, 2.24) is 0 Å². The van der Waals surface area contributed by atoms with Crippen molar-refractivity contribution in [2.75, 3.05) is 14.7 Å². The molecule has 0 aromatic heterocycles. The Morgan fingerprint density at radius 3 is 1.24 bits per heavy atom. The minimum Gasteiger partial charge on any atom is -0.330 e. The molecule has 7 aromatic rings. The quantitative estimate of drug-likeness (QED) is 0.163. The van der Waals surface area contributed by atoms with Gasteiger partial charge in [-0.2, -0.15) is 0 Å². The van der Waals surface area contributed by atoms with Gasteiger partial charge < -0.3 is 14.7 Å². The van der Waals surface area contributed by atoms with Crippen LogP contribution in [0.2, 0.25) is 0 Å². The molecule has 0 spiro atoms. The fraction of sp³-hybridized carbons (Fsp3) is 0.382.